The molecule has 4 saturated carbocycles. The molecule has 5 heteroatoms. The molecule has 206 valence electrons. The predicted octanol–water partition coefficient (Wildman–Crippen LogP) is 5.52. The molecule has 1 saturated heterocycles. The molecule has 0 amide bonds. The highest BCUT2D eigenvalue weighted by molar-refractivity contribution is 5.36. The molecule has 1 aliphatic heterocycles. The van der Waals surface area contributed by atoms with E-state index in [4.69, 9.17) is 9.47 Å². The second-order valence-corrected chi connectivity index (χ2v) is 13.7. The molecule has 5 nitrogen and oxygen atoms in total. The van der Waals surface area contributed by atoms with E-state index in [1.165, 1.54) is 45.2 Å². The number of fused-ring (bicyclic) bond motifs is 5. The number of nitrogens with zero attached hydrogens (tertiary/aromatic N) is 1. The smallest absolute Gasteiger partial charge is 0.118 e. The number of benzene rings is 1. The number of aliphatic hydroxyl groups is 2. The van der Waals surface area contributed by atoms with Crippen molar-refractivity contribution in [3.63, 3.8) is 0 Å². The lowest BCUT2D eigenvalue weighted by Crippen LogP contribution is -2.64. The number of rotatable bonds is 6. The Bertz CT molecular complexity index is 962. The van der Waals surface area contributed by atoms with Crippen molar-refractivity contribution in [2.24, 2.45) is 28.6 Å². The van der Waals surface area contributed by atoms with Crippen LogP contribution in [0.5, 0.6) is 5.75 Å². The second-order valence-electron chi connectivity index (χ2n) is 13.7. The van der Waals surface area contributed by atoms with E-state index < -0.39 is 16.6 Å². The first kappa shape index (κ1) is 26.1. The van der Waals surface area contributed by atoms with Gasteiger partial charge in [-0.15, -0.1) is 0 Å². The first-order valence-corrected chi connectivity index (χ1v) is 15.2. The number of methoxy groups -OCH3 is 1. The van der Waals surface area contributed by atoms with Crippen LogP contribution in [0.3, 0.4) is 0 Å². The van der Waals surface area contributed by atoms with Crippen LogP contribution in [-0.2, 0) is 10.3 Å². The molecule has 0 bridgehead atoms. The molecule has 0 aromatic heterocycles. The van der Waals surface area contributed by atoms with Gasteiger partial charge in [0, 0.05) is 12.0 Å². The van der Waals surface area contributed by atoms with Crippen LogP contribution in [0.1, 0.15) is 90.0 Å². The lowest BCUT2D eigenvalue weighted by Gasteiger charge is -2.64. The molecule has 4 aliphatic carbocycles. The van der Waals surface area contributed by atoms with Crippen molar-refractivity contribution in [1.82, 2.24) is 4.90 Å². The maximum absolute atomic E-state index is 12.5. The summed E-state index contributed by atoms with van der Waals surface area (Å²) in [6, 6.07) is 7.89. The summed E-state index contributed by atoms with van der Waals surface area (Å²) in [6.45, 7) is 9.17. The van der Waals surface area contributed by atoms with E-state index in [0.717, 1.165) is 50.1 Å². The van der Waals surface area contributed by atoms with Crippen molar-refractivity contribution < 1.29 is 19.7 Å². The minimum Gasteiger partial charge on any atom is -0.497 e. The molecule has 6 rings (SSSR count). The Hall–Kier alpha value is -1.14. The Labute approximate surface area is 223 Å². The van der Waals surface area contributed by atoms with Crippen LogP contribution < -0.4 is 4.74 Å². The van der Waals surface area contributed by atoms with Crippen molar-refractivity contribution in [1.29, 1.82) is 0 Å². The van der Waals surface area contributed by atoms with Crippen LogP contribution in [0.25, 0.3) is 0 Å². The molecule has 8 atom stereocenters. The zero-order chi connectivity index (χ0) is 25.9. The van der Waals surface area contributed by atoms with Crippen LogP contribution in [0, 0.1) is 28.6 Å². The first-order chi connectivity index (χ1) is 17.7. The molecular weight excluding hydrogens is 462 g/mol. The summed E-state index contributed by atoms with van der Waals surface area (Å²) >= 11 is 0. The molecule has 1 aromatic rings. The molecule has 1 heterocycles. The summed E-state index contributed by atoms with van der Waals surface area (Å²) in [5.74, 6) is 2.30. The zero-order valence-corrected chi connectivity index (χ0v) is 23.4. The highest BCUT2D eigenvalue weighted by atomic mass is 16.5. The molecule has 5 aliphatic rings. The Kier molecular flexibility index (Phi) is 6.70. The van der Waals surface area contributed by atoms with E-state index in [1.54, 1.807) is 7.11 Å². The fraction of sp³-hybridized carbons (Fsp3) is 0.812. The van der Waals surface area contributed by atoms with Crippen LogP contribution in [0.4, 0.5) is 0 Å². The normalized spacial score (nSPS) is 45.8. The topological polar surface area (TPSA) is 62.2 Å². The second kappa shape index (κ2) is 9.50. The lowest BCUT2D eigenvalue weighted by molar-refractivity contribution is -0.239. The monoisotopic (exact) mass is 511 g/mol. The highest BCUT2D eigenvalue weighted by Gasteiger charge is 2.72. The first-order valence-electron chi connectivity index (χ1n) is 15.2. The van der Waals surface area contributed by atoms with Gasteiger partial charge in [0.15, 0.2) is 0 Å². The maximum Gasteiger partial charge on any atom is 0.118 e. The summed E-state index contributed by atoms with van der Waals surface area (Å²) in [5, 5.41) is 24.7. The fourth-order valence-corrected chi connectivity index (χ4v) is 10.0. The molecular formula is C32H49NO4. The van der Waals surface area contributed by atoms with Gasteiger partial charge in [-0.2, -0.15) is 0 Å². The van der Waals surface area contributed by atoms with Crippen molar-refractivity contribution in [2.75, 3.05) is 33.4 Å². The fourth-order valence-electron chi connectivity index (χ4n) is 10.0. The van der Waals surface area contributed by atoms with E-state index in [9.17, 15) is 10.2 Å². The maximum atomic E-state index is 12.5. The van der Waals surface area contributed by atoms with Gasteiger partial charge in [-0.25, -0.2) is 0 Å². The van der Waals surface area contributed by atoms with Gasteiger partial charge in [-0.05, 0) is 125 Å². The third-order valence-corrected chi connectivity index (χ3v) is 12.5. The standard InChI is InChI=1S/C32H49NO4/c1-29-14-12-26(37-21-20-33-18-4-5-19-33)22-24(29)8-11-28-27(29)13-15-30(2)31(34,16-17-32(28,30)35)23-6-9-25(36-3)10-7-23/h6-7,9-10,24,26-28,34-35H,4-5,8,11-22H2,1-3H3/t24-,26+,27+,28-,29+,30-,31+,32+/m1/s1. The van der Waals surface area contributed by atoms with Crippen molar-refractivity contribution in [3.05, 3.63) is 29.8 Å². The molecule has 5 fully saturated rings. The number of hydrogen-bond acceptors (Lipinski definition) is 5. The van der Waals surface area contributed by atoms with Crippen LogP contribution in [-0.4, -0.2) is 60.2 Å². The minimum absolute atomic E-state index is 0.271. The van der Waals surface area contributed by atoms with Gasteiger partial charge in [0.2, 0.25) is 0 Å². The Morgan fingerprint density at radius 2 is 1.65 bits per heavy atom. The van der Waals surface area contributed by atoms with E-state index in [0.29, 0.717) is 30.8 Å². The van der Waals surface area contributed by atoms with E-state index in [-0.39, 0.29) is 11.3 Å². The average Bonchev–Trinajstić information content (AvgIpc) is 3.50. The number of hydrogen-bond donors (Lipinski definition) is 2. The summed E-state index contributed by atoms with van der Waals surface area (Å²) in [5.41, 5.74) is -1.15. The third-order valence-electron chi connectivity index (χ3n) is 12.5. The molecule has 2 N–H and O–H groups in total. The van der Waals surface area contributed by atoms with Gasteiger partial charge in [-0.3, -0.25) is 0 Å². The molecule has 0 unspecified atom stereocenters. The predicted molar refractivity (Wildman–Crippen MR) is 145 cm³/mol. The number of ether oxygens (including phenoxy) is 2. The average molecular weight is 512 g/mol. The van der Waals surface area contributed by atoms with E-state index in [2.05, 4.69) is 18.7 Å². The Balaban J connectivity index is 1.16. The van der Waals surface area contributed by atoms with Crippen LogP contribution in [0.2, 0.25) is 0 Å². The SMILES string of the molecule is COc1ccc([C@@]2(O)CC[C@]3(O)[C@@H]4CC[C@@H]5C[C@@H](OCCN6CCCC6)CC[C@]5(C)[C@H]4CC[C@]23C)cc1. The summed E-state index contributed by atoms with van der Waals surface area (Å²) in [6.07, 6.45) is 12.2. The highest BCUT2D eigenvalue weighted by Crippen LogP contribution is 2.71. The Morgan fingerprint density at radius 1 is 0.892 bits per heavy atom. The zero-order valence-electron chi connectivity index (χ0n) is 23.4. The minimum atomic E-state index is -1.00. The molecule has 1 aromatic carbocycles. The van der Waals surface area contributed by atoms with Gasteiger partial charge in [0.1, 0.15) is 5.75 Å². The van der Waals surface area contributed by atoms with Gasteiger partial charge in [0.25, 0.3) is 0 Å². The molecule has 0 spiro atoms. The molecule has 0 radical (unpaired) electrons. The van der Waals surface area contributed by atoms with Gasteiger partial charge in [0.05, 0.1) is 31.0 Å². The van der Waals surface area contributed by atoms with Gasteiger partial charge < -0.3 is 24.6 Å². The Morgan fingerprint density at radius 3 is 2.38 bits per heavy atom. The van der Waals surface area contributed by atoms with Crippen molar-refractivity contribution in [3.8, 4) is 5.75 Å². The van der Waals surface area contributed by atoms with E-state index in [1.807, 2.05) is 24.3 Å². The largest absolute Gasteiger partial charge is 0.497 e. The lowest BCUT2D eigenvalue weighted by atomic mass is 9.43. The molecule has 37 heavy (non-hydrogen) atoms. The third kappa shape index (κ3) is 3.93. The van der Waals surface area contributed by atoms with Crippen LogP contribution >= 0.6 is 0 Å². The number of likely N-dealkylation sites (tertiary alicyclic amines) is 1. The van der Waals surface area contributed by atoms with Gasteiger partial charge >= 0.3 is 0 Å². The summed E-state index contributed by atoms with van der Waals surface area (Å²) in [4.78, 5) is 2.55. The van der Waals surface area contributed by atoms with Crippen LogP contribution in [0.15, 0.2) is 24.3 Å². The van der Waals surface area contributed by atoms with Crippen molar-refractivity contribution >= 4 is 0 Å². The van der Waals surface area contributed by atoms with Crippen molar-refractivity contribution in [2.45, 2.75) is 102 Å². The summed E-state index contributed by atoms with van der Waals surface area (Å²) < 4.78 is 11.8. The summed E-state index contributed by atoms with van der Waals surface area (Å²) in [7, 11) is 1.67. The quantitative estimate of drug-likeness (QED) is 0.527. The van der Waals surface area contributed by atoms with E-state index >= 15 is 0 Å². The van der Waals surface area contributed by atoms with Gasteiger partial charge in [-0.1, -0.05) is 26.0 Å².